The Labute approximate surface area is 135 Å². The molecule has 1 fully saturated rings. The summed E-state index contributed by atoms with van der Waals surface area (Å²) >= 11 is 1.63. The fraction of sp³-hybridized carbons (Fsp3) is 0.444. The van der Waals surface area contributed by atoms with E-state index < -0.39 is 0 Å². The van der Waals surface area contributed by atoms with Crippen molar-refractivity contribution in [3.05, 3.63) is 40.4 Å². The Hall–Kier alpha value is -1.68. The molecule has 4 heteroatoms. The summed E-state index contributed by atoms with van der Waals surface area (Å²) in [6, 6.07) is 8.76. The topological polar surface area (TPSA) is 42.0 Å². The van der Waals surface area contributed by atoms with E-state index in [1.807, 2.05) is 6.92 Å². The molecule has 22 heavy (non-hydrogen) atoms. The van der Waals surface area contributed by atoms with Crippen LogP contribution in [-0.4, -0.2) is 16.9 Å². The predicted octanol–water partition coefficient (Wildman–Crippen LogP) is 4.03. The van der Waals surface area contributed by atoms with Gasteiger partial charge in [0.05, 0.1) is 12.1 Å². The Morgan fingerprint density at radius 1 is 1.23 bits per heavy atom. The Bertz CT molecular complexity index is 654. The highest BCUT2D eigenvalue weighted by Crippen LogP contribution is 2.28. The van der Waals surface area contributed by atoms with Gasteiger partial charge in [-0.1, -0.05) is 42.7 Å². The lowest BCUT2D eigenvalue weighted by Gasteiger charge is -2.11. The second kappa shape index (κ2) is 6.61. The van der Waals surface area contributed by atoms with Crippen LogP contribution in [0.4, 0.5) is 0 Å². The van der Waals surface area contributed by atoms with Crippen LogP contribution in [0.2, 0.25) is 0 Å². The second-order valence-electron chi connectivity index (χ2n) is 6.12. The minimum Gasteiger partial charge on any atom is -0.353 e. The first-order valence-electron chi connectivity index (χ1n) is 7.94. The van der Waals surface area contributed by atoms with Gasteiger partial charge in [-0.25, -0.2) is 4.98 Å². The lowest BCUT2D eigenvalue weighted by atomic mass is 10.2. The smallest absolute Gasteiger partial charge is 0.225 e. The largest absolute Gasteiger partial charge is 0.353 e. The van der Waals surface area contributed by atoms with E-state index in [1.165, 1.54) is 18.4 Å². The van der Waals surface area contributed by atoms with Crippen LogP contribution in [0.15, 0.2) is 24.3 Å². The molecule has 1 aliphatic carbocycles. The van der Waals surface area contributed by atoms with E-state index in [4.69, 9.17) is 0 Å². The molecule has 1 amide bonds. The van der Waals surface area contributed by atoms with Crippen molar-refractivity contribution in [3.63, 3.8) is 0 Å². The van der Waals surface area contributed by atoms with Crippen LogP contribution in [0.5, 0.6) is 0 Å². The van der Waals surface area contributed by atoms with E-state index in [0.717, 1.165) is 34.0 Å². The zero-order chi connectivity index (χ0) is 15.5. The van der Waals surface area contributed by atoms with Crippen molar-refractivity contribution in [1.29, 1.82) is 0 Å². The Morgan fingerprint density at radius 3 is 2.59 bits per heavy atom. The van der Waals surface area contributed by atoms with Gasteiger partial charge >= 0.3 is 0 Å². The minimum atomic E-state index is 0.133. The SMILES string of the molecule is Cc1ccc(-c2nc(C)c(CC(=O)NC3CCCC3)s2)cc1. The number of hydrogen-bond acceptors (Lipinski definition) is 3. The maximum Gasteiger partial charge on any atom is 0.225 e. The number of thiazole rings is 1. The summed E-state index contributed by atoms with van der Waals surface area (Å²) < 4.78 is 0. The first kappa shape index (κ1) is 15.2. The van der Waals surface area contributed by atoms with E-state index in [9.17, 15) is 4.79 Å². The molecule has 0 atom stereocenters. The maximum atomic E-state index is 12.2. The standard InChI is InChI=1S/C18H22N2OS/c1-12-7-9-14(10-8-12)18-19-13(2)16(22-18)11-17(21)20-15-5-3-4-6-15/h7-10,15H,3-6,11H2,1-2H3,(H,20,21). The third-order valence-electron chi connectivity index (χ3n) is 4.23. The summed E-state index contributed by atoms with van der Waals surface area (Å²) in [5.74, 6) is 0.133. The lowest BCUT2D eigenvalue weighted by Crippen LogP contribution is -2.33. The molecule has 3 rings (SSSR count). The molecule has 0 unspecified atom stereocenters. The minimum absolute atomic E-state index is 0.133. The highest BCUT2D eigenvalue weighted by Gasteiger charge is 2.19. The van der Waals surface area contributed by atoms with Gasteiger partial charge in [0, 0.05) is 16.5 Å². The quantitative estimate of drug-likeness (QED) is 0.926. The van der Waals surface area contributed by atoms with Crippen LogP contribution in [0.3, 0.4) is 0 Å². The van der Waals surface area contributed by atoms with Crippen molar-refractivity contribution in [2.24, 2.45) is 0 Å². The van der Waals surface area contributed by atoms with Gasteiger partial charge in [-0.15, -0.1) is 11.3 Å². The summed E-state index contributed by atoms with van der Waals surface area (Å²) in [7, 11) is 0. The Kier molecular flexibility index (Phi) is 4.57. The summed E-state index contributed by atoms with van der Waals surface area (Å²) in [4.78, 5) is 17.9. The summed E-state index contributed by atoms with van der Waals surface area (Å²) in [5, 5.41) is 4.15. The highest BCUT2D eigenvalue weighted by molar-refractivity contribution is 7.15. The average molecular weight is 314 g/mol. The summed E-state index contributed by atoms with van der Waals surface area (Å²) in [6.45, 7) is 4.07. The van der Waals surface area contributed by atoms with Crippen molar-refractivity contribution in [2.45, 2.75) is 52.0 Å². The maximum absolute atomic E-state index is 12.2. The van der Waals surface area contributed by atoms with Gasteiger partial charge in [0.25, 0.3) is 0 Å². The first-order chi connectivity index (χ1) is 10.6. The van der Waals surface area contributed by atoms with Crippen LogP contribution in [0.25, 0.3) is 10.6 Å². The molecular weight excluding hydrogens is 292 g/mol. The molecule has 1 saturated carbocycles. The molecule has 3 nitrogen and oxygen atoms in total. The number of aryl methyl sites for hydroxylation is 2. The predicted molar refractivity (Wildman–Crippen MR) is 91.1 cm³/mol. The molecule has 2 aromatic rings. The number of hydrogen-bond donors (Lipinski definition) is 1. The van der Waals surface area contributed by atoms with Crippen molar-refractivity contribution >= 4 is 17.2 Å². The van der Waals surface area contributed by atoms with Gasteiger partial charge in [-0.2, -0.15) is 0 Å². The molecule has 1 aromatic carbocycles. The zero-order valence-corrected chi connectivity index (χ0v) is 14.0. The average Bonchev–Trinajstić information content (AvgIpc) is 3.10. The summed E-state index contributed by atoms with van der Waals surface area (Å²) in [5.41, 5.74) is 3.34. The molecule has 0 spiro atoms. The number of carbonyl (C=O) groups excluding carboxylic acids is 1. The normalized spacial score (nSPS) is 15.2. The molecule has 116 valence electrons. The van der Waals surface area contributed by atoms with Gasteiger partial charge in [0.15, 0.2) is 0 Å². The number of aromatic nitrogens is 1. The lowest BCUT2D eigenvalue weighted by molar-refractivity contribution is -0.121. The number of benzene rings is 1. The van der Waals surface area contributed by atoms with Crippen LogP contribution in [0, 0.1) is 13.8 Å². The molecular formula is C18H22N2OS. The fourth-order valence-corrected chi connectivity index (χ4v) is 3.97. The van der Waals surface area contributed by atoms with Crippen molar-refractivity contribution < 1.29 is 4.79 Å². The van der Waals surface area contributed by atoms with Gasteiger partial charge in [0.2, 0.25) is 5.91 Å². The van der Waals surface area contributed by atoms with Gasteiger partial charge in [-0.05, 0) is 26.7 Å². The van der Waals surface area contributed by atoms with Crippen molar-refractivity contribution in [3.8, 4) is 10.6 Å². The number of amides is 1. The Morgan fingerprint density at radius 2 is 1.91 bits per heavy atom. The molecule has 0 radical (unpaired) electrons. The molecule has 1 aromatic heterocycles. The molecule has 1 N–H and O–H groups in total. The third-order valence-corrected chi connectivity index (χ3v) is 5.44. The van der Waals surface area contributed by atoms with E-state index in [2.05, 4.69) is 41.5 Å². The van der Waals surface area contributed by atoms with Gasteiger partial charge in [-0.3, -0.25) is 4.79 Å². The number of nitrogens with one attached hydrogen (secondary N) is 1. The van der Waals surface area contributed by atoms with Gasteiger partial charge < -0.3 is 5.32 Å². The van der Waals surface area contributed by atoms with E-state index in [-0.39, 0.29) is 5.91 Å². The van der Waals surface area contributed by atoms with Crippen molar-refractivity contribution in [1.82, 2.24) is 10.3 Å². The van der Waals surface area contributed by atoms with Crippen LogP contribution < -0.4 is 5.32 Å². The van der Waals surface area contributed by atoms with Crippen molar-refractivity contribution in [2.75, 3.05) is 0 Å². The second-order valence-corrected chi connectivity index (χ2v) is 7.20. The number of nitrogens with zero attached hydrogens (tertiary/aromatic N) is 1. The van der Waals surface area contributed by atoms with Crippen LogP contribution in [0.1, 0.15) is 41.8 Å². The summed E-state index contributed by atoms with van der Waals surface area (Å²) in [6.07, 6.45) is 5.18. The van der Waals surface area contributed by atoms with Gasteiger partial charge in [0.1, 0.15) is 5.01 Å². The van der Waals surface area contributed by atoms with Crippen LogP contribution in [-0.2, 0) is 11.2 Å². The molecule has 0 saturated heterocycles. The van der Waals surface area contributed by atoms with E-state index in [0.29, 0.717) is 12.5 Å². The molecule has 0 bridgehead atoms. The molecule has 0 aliphatic heterocycles. The number of carbonyl (C=O) groups is 1. The van der Waals surface area contributed by atoms with Crippen LogP contribution >= 0.6 is 11.3 Å². The molecule has 1 aliphatic rings. The zero-order valence-electron chi connectivity index (χ0n) is 13.2. The number of rotatable bonds is 4. The highest BCUT2D eigenvalue weighted by atomic mass is 32.1. The fourth-order valence-electron chi connectivity index (χ4n) is 2.91. The monoisotopic (exact) mass is 314 g/mol. The van der Waals surface area contributed by atoms with E-state index in [1.54, 1.807) is 11.3 Å². The third kappa shape index (κ3) is 3.55. The molecule has 1 heterocycles. The Balaban J connectivity index is 1.69. The van der Waals surface area contributed by atoms with E-state index >= 15 is 0 Å². The first-order valence-corrected chi connectivity index (χ1v) is 8.76.